The van der Waals surface area contributed by atoms with Crippen molar-refractivity contribution in [3.8, 4) is 0 Å². The van der Waals surface area contributed by atoms with Crippen molar-refractivity contribution in [2.75, 3.05) is 6.61 Å². The lowest BCUT2D eigenvalue weighted by atomic mass is 10.1. The van der Waals surface area contributed by atoms with Gasteiger partial charge in [0.15, 0.2) is 0 Å². The first-order valence-electron chi connectivity index (χ1n) is 3.80. The summed E-state index contributed by atoms with van der Waals surface area (Å²) in [7, 11) is 0. The van der Waals surface area contributed by atoms with E-state index >= 15 is 0 Å². The lowest BCUT2D eigenvalue weighted by Gasteiger charge is -1.98. The molecule has 0 aliphatic heterocycles. The molecule has 0 aromatic heterocycles. The number of aliphatic hydroxyl groups is 1. The first-order chi connectivity index (χ1) is 6.38. The third kappa shape index (κ3) is 2.63. The van der Waals surface area contributed by atoms with Crippen LogP contribution in [0.15, 0.2) is 41.5 Å². The fourth-order valence-electron chi connectivity index (χ4n) is 0.960. The quantitative estimate of drug-likeness (QED) is 0.427. The molecule has 0 aliphatic rings. The molecule has 0 aliphatic carbocycles. The molecule has 0 spiro atoms. The summed E-state index contributed by atoms with van der Waals surface area (Å²) in [6.45, 7) is -0.136. The van der Waals surface area contributed by atoms with Gasteiger partial charge in [0, 0.05) is 10.6 Å². The molecule has 0 amide bonds. The Hall–Kier alpha value is -1.77. The van der Waals surface area contributed by atoms with Gasteiger partial charge in [-0.25, -0.2) is 0 Å². The lowest BCUT2D eigenvalue weighted by Crippen LogP contribution is -1.81. The molecule has 13 heavy (non-hydrogen) atoms. The highest BCUT2D eigenvalue weighted by molar-refractivity contribution is 5.64. The Balaban J connectivity index is 3.03. The average molecular weight is 175 g/mol. The number of hydrogen-bond acceptors (Lipinski definition) is 2. The standard InChI is InChI=1S/C9H9N3O/c10-12-11-9(6-7-13)8-4-2-1-3-5-8/h1-6,13H,7H2/b9-6+. The van der Waals surface area contributed by atoms with Gasteiger partial charge in [0.25, 0.3) is 0 Å². The van der Waals surface area contributed by atoms with E-state index in [0.29, 0.717) is 5.70 Å². The zero-order chi connectivity index (χ0) is 9.52. The minimum absolute atomic E-state index is 0.136. The predicted molar refractivity (Wildman–Crippen MR) is 50.7 cm³/mol. The van der Waals surface area contributed by atoms with E-state index in [4.69, 9.17) is 10.6 Å². The van der Waals surface area contributed by atoms with E-state index < -0.39 is 0 Å². The van der Waals surface area contributed by atoms with Crippen LogP contribution in [-0.2, 0) is 0 Å². The van der Waals surface area contributed by atoms with E-state index in [0.717, 1.165) is 5.56 Å². The fraction of sp³-hybridized carbons (Fsp3) is 0.111. The third-order valence-corrected chi connectivity index (χ3v) is 1.51. The predicted octanol–water partition coefficient (Wildman–Crippen LogP) is 2.33. The Kier molecular flexibility index (Phi) is 3.57. The van der Waals surface area contributed by atoms with Crippen LogP contribution in [0.1, 0.15) is 5.56 Å². The molecule has 0 bridgehead atoms. The first kappa shape index (κ1) is 9.32. The molecule has 4 nitrogen and oxygen atoms in total. The second-order valence-electron chi connectivity index (χ2n) is 2.33. The van der Waals surface area contributed by atoms with Gasteiger partial charge < -0.3 is 5.11 Å². The number of aliphatic hydroxyl groups excluding tert-OH is 1. The van der Waals surface area contributed by atoms with Gasteiger partial charge in [0.1, 0.15) is 0 Å². The van der Waals surface area contributed by atoms with Crippen molar-refractivity contribution in [2.24, 2.45) is 5.11 Å². The van der Waals surface area contributed by atoms with Gasteiger partial charge in [-0.15, -0.1) is 0 Å². The second kappa shape index (κ2) is 4.98. The number of azide groups is 1. The van der Waals surface area contributed by atoms with Crippen LogP contribution in [0, 0.1) is 0 Å². The van der Waals surface area contributed by atoms with Crippen LogP contribution in [-0.4, -0.2) is 11.7 Å². The monoisotopic (exact) mass is 175 g/mol. The van der Waals surface area contributed by atoms with Crippen LogP contribution in [0.3, 0.4) is 0 Å². The largest absolute Gasteiger partial charge is 0.392 e. The van der Waals surface area contributed by atoms with Crippen LogP contribution in [0.5, 0.6) is 0 Å². The third-order valence-electron chi connectivity index (χ3n) is 1.51. The topological polar surface area (TPSA) is 69.0 Å². The van der Waals surface area contributed by atoms with Crippen molar-refractivity contribution in [3.05, 3.63) is 52.4 Å². The van der Waals surface area contributed by atoms with Crippen molar-refractivity contribution in [1.29, 1.82) is 0 Å². The molecular formula is C9H9N3O. The van der Waals surface area contributed by atoms with Crippen molar-refractivity contribution in [1.82, 2.24) is 0 Å². The molecule has 0 unspecified atom stereocenters. The van der Waals surface area contributed by atoms with E-state index in [-0.39, 0.29) is 6.61 Å². The SMILES string of the molecule is [N-]=[N+]=N/C(=C/CO)c1ccccc1. The second-order valence-corrected chi connectivity index (χ2v) is 2.33. The zero-order valence-electron chi connectivity index (χ0n) is 6.96. The summed E-state index contributed by atoms with van der Waals surface area (Å²) >= 11 is 0. The van der Waals surface area contributed by atoms with Gasteiger partial charge in [0.2, 0.25) is 0 Å². The molecule has 4 heteroatoms. The molecule has 0 radical (unpaired) electrons. The molecular weight excluding hydrogens is 166 g/mol. The maximum absolute atomic E-state index is 8.66. The highest BCUT2D eigenvalue weighted by atomic mass is 16.2. The Morgan fingerprint density at radius 2 is 2.15 bits per heavy atom. The van der Waals surface area contributed by atoms with E-state index in [1.54, 1.807) is 0 Å². The van der Waals surface area contributed by atoms with E-state index in [1.165, 1.54) is 6.08 Å². The zero-order valence-corrected chi connectivity index (χ0v) is 6.96. The van der Waals surface area contributed by atoms with E-state index in [9.17, 15) is 0 Å². The van der Waals surface area contributed by atoms with Gasteiger partial charge in [-0.2, -0.15) is 0 Å². The summed E-state index contributed by atoms with van der Waals surface area (Å²) in [5, 5.41) is 12.1. The maximum atomic E-state index is 8.66. The molecule has 1 aromatic carbocycles. The average Bonchev–Trinajstić information content (AvgIpc) is 2.19. The Labute approximate surface area is 75.8 Å². The Morgan fingerprint density at radius 3 is 2.69 bits per heavy atom. The van der Waals surface area contributed by atoms with Crippen LogP contribution in [0.25, 0.3) is 16.1 Å². The number of benzene rings is 1. The molecule has 0 fully saturated rings. The van der Waals surface area contributed by atoms with Crippen LogP contribution < -0.4 is 0 Å². The van der Waals surface area contributed by atoms with Crippen LogP contribution in [0.2, 0.25) is 0 Å². The molecule has 1 rings (SSSR count). The van der Waals surface area contributed by atoms with Crippen molar-refractivity contribution >= 4 is 5.70 Å². The minimum atomic E-state index is -0.136. The molecule has 0 heterocycles. The minimum Gasteiger partial charge on any atom is -0.392 e. The van der Waals surface area contributed by atoms with Gasteiger partial charge in [-0.3, -0.25) is 0 Å². The van der Waals surface area contributed by atoms with Gasteiger partial charge in [0.05, 0.1) is 6.61 Å². The molecule has 0 saturated carbocycles. The number of rotatable bonds is 3. The Bertz CT molecular complexity index is 339. The number of hydrogen-bond donors (Lipinski definition) is 1. The van der Waals surface area contributed by atoms with Crippen LogP contribution >= 0.6 is 0 Å². The molecule has 1 N–H and O–H groups in total. The van der Waals surface area contributed by atoms with Gasteiger partial charge in [-0.1, -0.05) is 35.4 Å². The van der Waals surface area contributed by atoms with Gasteiger partial charge >= 0.3 is 0 Å². The fourth-order valence-corrected chi connectivity index (χ4v) is 0.960. The van der Waals surface area contributed by atoms with Crippen molar-refractivity contribution in [3.63, 3.8) is 0 Å². The molecule has 0 atom stereocenters. The number of nitrogens with zero attached hydrogens (tertiary/aromatic N) is 3. The summed E-state index contributed by atoms with van der Waals surface area (Å²) in [4.78, 5) is 2.68. The van der Waals surface area contributed by atoms with E-state index in [2.05, 4.69) is 10.0 Å². The summed E-state index contributed by atoms with van der Waals surface area (Å²) in [5.41, 5.74) is 9.51. The normalized spacial score (nSPS) is 10.7. The highest BCUT2D eigenvalue weighted by Gasteiger charge is 1.95. The van der Waals surface area contributed by atoms with Crippen molar-refractivity contribution < 1.29 is 5.11 Å². The van der Waals surface area contributed by atoms with E-state index in [1.807, 2.05) is 30.3 Å². The summed E-state index contributed by atoms with van der Waals surface area (Å²) in [6.07, 6.45) is 1.47. The molecule has 66 valence electrons. The lowest BCUT2D eigenvalue weighted by molar-refractivity contribution is 0.343. The van der Waals surface area contributed by atoms with Gasteiger partial charge in [-0.05, 0) is 17.2 Å². The molecule has 0 saturated heterocycles. The summed E-state index contributed by atoms with van der Waals surface area (Å²) in [5.74, 6) is 0. The molecule has 1 aromatic rings. The summed E-state index contributed by atoms with van der Waals surface area (Å²) in [6, 6.07) is 9.18. The first-order valence-corrected chi connectivity index (χ1v) is 3.80. The highest BCUT2D eigenvalue weighted by Crippen LogP contribution is 2.14. The van der Waals surface area contributed by atoms with Crippen molar-refractivity contribution in [2.45, 2.75) is 0 Å². The Morgan fingerprint density at radius 1 is 1.46 bits per heavy atom. The smallest absolute Gasteiger partial charge is 0.0620 e. The van der Waals surface area contributed by atoms with Crippen LogP contribution in [0.4, 0.5) is 0 Å². The maximum Gasteiger partial charge on any atom is 0.0620 e. The summed E-state index contributed by atoms with van der Waals surface area (Å²) < 4.78 is 0.